The van der Waals surface area contributed by atoms with E-state index >= 15 is 0 Å². The van der Waals surface area contributed by atoms with Crippen LogP contribution in [0.5, 0.6) is 11.5 Å². The number of hydrogen-bond donors (Lipinski definition) is 0. The SMILES string of the molecule is CCOC(=O)CCCOc1cc(C#N)c(C#N)cc1OC. The summed E-state index contributed by atoms with van der Waals surface area (Å²) in [7, 11) is 1.45. The van der Waals surface area contributed by atoms with Gasteiger partial charge >= 0.3 is 5.97 Å². The first kappa shape index (κ1) is 16.3. The van der Waals surface area contributed by atoms with Crippen LogP contribution in [-0.2, 0) is 9.53 Å². The van der Waals surface area contributed by atoms with Gasteiger partial charge in [0.2, 0.25) is 0 Å². The van der Waals surface area contributed by atoms with E-state index in [9.17, 15) is 4.79 Å². The molecule has 0 atom stereocenters. The second-order valence-electron chi connectivity index (χ2n) is 4.03. The van der Waals surface area contributed by atoms with Gasteiger partial charge in [0.15, 0.2) is 11.5 Å². The highest BCUT2D eigenvalue weighted by Crippen LogP contribution is 2.30. The van der Waals surface area contributed by atoms with E-state index in [1.54, 1.807) is 6.92 Å². The molecule has 0 bridgehead atoms. The molecule has 0 aromatic heterocycles. The summed E-state index contributed by atoms with van der Waals surface area (Å²) >= 11 is 0. The van der Waals surface area contributed by atoms with E-state index in [1.165, 1.54) is 19.2 Å². The molecule has 6 heteroatoms. The molecule has 0 N–H and O–H groups in total. The molecule has 0 fully saturated rings. The van der Waals surface area contributed by atoms with Crippen LogP contribution in [0.4, 0.5) is 0 Å². The van der Waals surface area contributed by atoms with E-state index in [0.717, 1.165) is 0 Å². The van der Waals surface area contributed by atoms with Gasteiger partial charge in [0, 0.05) is 18.6 Å². The van der Waals surface area contributed by atoms with Gasteiger partial charge in [-0.15, -0.1) is 0 Å². The molecule has 0 saturated heterocycles. The molecular formula is C15H16N2O4. The van der Waals surface area contributed by atoms with Crippen molar-refractivity contribution in [2.45, 2.75) is 19.8 Å². The van der Waals surface area contributed by atoms with Crippen LogP contribution in [0.25, 0.3) is 0 Å². The molecular weight excluding hydrogens is 272 g/mol. The zero-order valence-corrected chi connectivity index (χ0v) is 12.0. The number of methoxy groups -OCH3 is 1. The molecule has 1 rings (SSSR count). The molecule has 1 aromatic carbocycles. The van der Waals surface area contributed by atoms with Crippen molar-refractivity contribution in [2.75, 3.05) is 20.3 Å². The Kier molecular flexibility index (Phi) is 6.56. The average Bonchev–Trinajstić information content (AvgIpc) is 2.51. The summed E-state index contributed by atoms with van der Waals surface area (Å²) in [6.07, 6.45) is 0.751. The zero-order chi connectivity index (χ0) is 15.7. The summed E-state index contributed by atoms with van der Waals surface area (Å²) in [6, 6.07) is 6.77. The minimum atomic E-state index is -0.273. The van der Waals surface area contributed by atoms with Gasteiger partial charge in [-0.2, -0.15) is 10.5 Å². The monoisotopic (exact) mass is 288 g/mol. The van der Waals surface area contributed by atoms with Crippen LogP contribution in [0, 0.1) is 22.7 Å². The maximum absolute atomic E-state index is 11.2. The summed E-state index contributed by atoms with van der Waals surface area (Å²) in [5.74, 6) is 0.476. The molecule has 0 aliphatic heterocycles. The minimum absolute atomic E-state index is 0.221. The number of ether oxygens (including phenoxy) is 3. The van der Waals surface area contributed by atoms with Crippen molar-refractivity contribution < 1.29 is 19.0 Å². The number of esters is 1. The normalized spacial score (nSPS) is 9.33. The molecule has 0 unspecified atom stereocenters. The predicted molar refractivity (Wildman–Crippen MR) is 73.8 cm³/mol. The highest BCUT2D eigenvalue weighted by Gasteiger charge is 2.11. The van der Waals surface area contributed by atoms with Gasteiger partial charge in [-0.05, 0) is 13.3 Å². The minimum Gasteiger partial charge on any atom is -0.493 e. The first-order valence-corrected chi connectivity index (χ1v) is 6.46. The van der Waals surface area contributed by atoms with Gasteiger partial charge in [-0.1, -0.05) is 0 Å². The lowest BCUT2D eigenvalue weighted by Gasteiger charge is -2.11. The number of hydrogen-bond acceptors (Lipinski definition) is 6. The zero-order valence-electron chi connectivity index (χ0n) is 12.0. The van der Waals surface area contributed by atoms with Crippen molar-refractivity contribution in [3.8, 4) is 23.6 Å². The number of rotatable bonds is 7. The number of carbonyl (C=O) groups excluding carboxylic acids is 1. The van der Waals surface area contributed by atoms with Crippen LogP contribution >= 0.6 is 0 Å². The molecule has 0 aliphatic carbocycles. The fourth-order valence-electron chi connectivity index (χ4n) is 1.65. The maximum atomic E-state index is 11.2. The number of nitrogens with zero attached hydrogens (tertiary/aromatic N) is 2. The number of nitriles is 2. The van der Waals surface area contributed by atoms with Gasteiger partial charge in [0.05, 0.1) is 31.5 Å². The lowest BCUT2D eigenvalue weighted by atomic mass is 10.1. The van der Waals surface area contributed by atoms with E-state index in [2.05, 4.69) is 0 Å². The first-order chi connectivity index (χ1) is 10.2. The molecule has 1 aromatic rings. The van der Waals surface area contributed by atoms with Crippen LogP contribution in [0.2, 0.25) is 0 Å². The first-order valence-electron chi connectivity index (χ1n) is 6.46. The fraction of sp³-hybridized carbons (Fsp3) is 0.400. The Morgan fingerprint density at radius 2 is 1.81 bits per heavy atom. The van der Waals surface area contributed by atoms with E-state index in [0.29, 0.717) is 24.5 Å². The molecule has 0 saturated carbocycles. The van der Waals surface area contributed by atoms with Crippen molar-refractivity contribution in [1.82, 2.24) is 0 Å². The van der Waals surface area contributed by atoms with Gasteiger partial charge in [0.25, 0.3) is 0 Å². The Morgan fingerprint density at radius 3 is 2.33 bits per heavy atom. The predicted octanol–water partition coefficient (Wildman–Crippen LogP) is 2.16. The lowest BCUT2D eigenvalue weighted by molar-refractivity contribution is -0.143. The van der Waals surface area contributed by atoms with Crippen molar-refractivity contribution in [3.63, 3.8) is 0 Å². The highest BCUT2D eigenvalue weighted by molar-refractivity contribution is 5.69. The summed E-state index contributed by atoms with van der Waals surface area (Å²) in [4.78, 5) is 11.2. The molecule has 0 heterocycles. The van der Waals surface area contributed by atoms with Gasteiger partial charge in [-0.25, -0.2) is 0 Å². The number of benzene rings is 1. The Morgan fingerprint density at radius 1 is 1.19 bits per heavy atom. The quantitative estimate of drug-likeness (QED) is 0.564. The smallest absolute Gasteiger partial charge is 0.305 e. The van der Waals surface area contributed by atoms with E-state index in [1.807, 2.05) is 12.1 Å². The van der Waals surface area contributed by atoms with Crippen LogP contribution in [0.15, 0.2) is 12.1 Å². The van der Waals surface area contributed by atoms with E-state index < -0.39 is 0 Å². The van der Waals surface area contributed by atoms with Crippen LogP contribution in [0.3, 0.4) is 0 Å². The Hall–Kier alpha value is -2.73. The maximum Gasteiger partial charge on any atom is 0.305 e. The number of carbonyl (C=O) groups is 1. The lowest BCUT2D eigenvalue weighted by Crippen LogP contribution is -2.07. The van der Waals surface area contributed by atoms with Crippen molar-refractivity contribution >= 4 is 5.97 Å². The Balaban J connectivity index is 2.69. The topological polar surface area (TPSA) is 92.3 Å². The second-order valence-corrected chi connectivity index (χ2v) is 4.03. The van der Waals surface area contributed by atoms with Gasteiger partial charge in [0.1, 0.15) is 12.1 Å². The molecule has 110 valence electrons. The summed E-state index contributed by atoms with van der Waals surface area (Å²) < 4.78 is 15.4. The second kappa shape index (κ2) is 8.44. The van der Waals surface area contributed by atoms with Crippen molar-refractivity contribution in [2.24, 2.45) is 0 Å². The molecule has 21 heavy (non-hydrogen) atoms. The fourth-order valence-corrected chi connectivity index (χ4v) is 1.65. The summed E-state index contributed by atoms with van der Waals surface area (Å²) in [6.45, 7) is 2.39. The standard InChI is InChI=1S/C15H16N2O4/c1-3-20-15(18)5-4-6-21-14-8-12(10-17)11(9-16)7-13(14)19-2/h7-8H,3-6H2,1-2H3. The van der Waals surface area contributed by atoms with Gasteiger partial charge in [-0.3, -0.25) is 4.79 Å². The molecule has 0 amide bonds. The molecule has 0 radical (unpaired) electrons. The third-order valence-corrected chi connectivity index (χ3v) is 2.63. The summed E-state index contributed by atoms with van der Waals surface area (Å²) in [5.41, 5.74) is 0.451. The van der Waals surface area contributed by atoms with Crippen LogP contribution < -0.4 is 9.47 Å². The van der Waals surface area contributed by atoms with Crippen molar-refractivity contribution in [1.29, 1.82) is 10.5 Å². The van der Waals surface area contributed by atoms with Crippen LogP contribution in [-0.4, -0.2) is 26.3 Å². The Labute approximate surface area is 123 Å². The Bertz CT molecular complexity index is 585. The summed E-state index contributed by atoms with van der Waals surface area (Å²) in [5, 5.41) is 17.9. The molecule has 0 spiro atoms. The largest absolute Gasteiger partial charge is 0.493 e. The van der Waals surface area contributed by atoms with E-state index in [4.69, 9.17) is 24.7 Å². The van der Waals surface area contributed by atoms with Crippen LogP contribution in [0.1, 0.15) is 30.9 Å². The van der Waals surface area contributed by atoms with Gasteiger partial charge < -0.3 is 14.2 Å². The average molecular weight is 288 g/mol. The van der Waals surface area contributed by atoms with E-state index in [-0.39, 0.29) is 30.1 Å². The third kappa shape index (κ3) is 4.70. The highest BCUT2D eigenvalue weighted by atomic mass is 16.5. The third-order valence-electron chi connectivity index (χ3n) is 2.63. The molecule has 6 nitrogen and oxygen atoms in total. The molecule has 0 aliphatic rings. The van der Waals surface area contributed by atoms with Crippen molar-refractivity contribution in [3.05, 3.63) is 23.3 Å².